The summed E-state index contributed by atoms with van der Waals surface area (Å²) >= 11 is 6.08. The first kappa shape index (κ1) is 25.2. The van der Waals surface area contributed by atoms with Crippen molar-refractivity contribution in [3.05, 3.63) is 46.3 Å². The quantitative estimate of drug-likeness (QED) is 0.480. The lowest BCUT2D eigenvalue weighted by molar-refractivity contribution is -0.123. The molecule has 1 atom stereocenters. The summed E-state index contributed by atoms with van der Waals surface area (Å²) in [5.74, 6) is -1.56. The van der Waals surface area contributed by atoms with Crippen molar-refractivity contribution in [2.75, 3.05) is 13.2 Å². The first-order valence-corrected chi connectivity index (χ1v) is 12.3. The van der Waals surface area contributed by atoms with Gasteiger partial charge in [0.25, 0.3) is 5.91 Å². The number of amides is 2. The molecule has 3 aromatic rings. The molecule has 37 heavy (non-hydrogen) atoms. The molecule has 2 aromatic heterocycles. The monoisotopic (exact) mass is 528 g/mol. The van der Waals surface area contributed by atoms with Crippen molar-refractivity contribution in [2.45, 2.75) is 63.1 Å². The van der Waals surface area contributed by atoms with Crippen molar-refractivity contribution >= 4 is 34.5 Å². The molecule has 12 heteroatoms. The minimum atomic E-state index is -1.13. The fourth-order valence-electron chi connectivity index (χ4n) is 4.00. The Morgan fingerprint density at radius 1 is 1.32 bits per heavy atom. The Kier molecular flexibility index (Phi) is 6.20. The number of aromatic nitrogens is 3. The van der Waals surface area contributed by atoms with Crippen LogP contribution in [0.5, 0.6) is 0 Å². The summed E-state index contributed by atoms with van der Waals surface area (Å²) in [6, 6.07) is 4.87. The van der Waals surface area contributed by atoms with Crippen molar-refractivity contribution in [1.82, 2.24) is 25.4 Å². The average molecular weight is 529 g/mol. The van der Waals surface area contributed by atoms with E-state index < -0.39 is 29.2 Å². The van der Waals surface area contributed by atoms with Gasteiger partial charge in [-0.25, -0.2) is 9.37 Å². The molecule has 1 aromatic carbocycles. The molecule has 1 aliphatic heterocycles. The zero-order valence-corrected chi connectivity index (χ0v) is 21.4. The SMILES string of the molecule is CC(C)(C)c1cc(C(=O)N[C@@H](Cc2nc3cc(F)cc(Cl)c3o2)C(=O)NC2(C#N)CC2)n(C2COC2)n1. The standard InChI is InChI=1S/C25H26ClFN6O4/c1-24(2,3)19-9-18(33(32-19)14-10-36-11-14)23(35)30-17(22(34)31-25(12-28)4-5-25)8-20-29-16-7-13(27)6-15(26)21(16)37-20/h6-7,9,14,17H,4-5,8,10-11H2,1-3H3,(H,30,35)(H,31,34)/t17-/m0/s1. The van der Waals surface area contributed by atoms with E-state index in [9.17, 15) is 19.2 Å². The third kappa shape index (κ3) is 5.04. The van der Waals surface area contributed by atoms with E-state index in [-0.39, 0.29) is 39.9 Å². The number of benzene rings is 1. The smallest absolute Gasteiger partial charge is 0.270 e. The number of nitriles is 1. The van der Waals surface area contributed by atoms with E-state index in [0.29, 0.717) is 31.7 Å². The van der Waals surface area contributed by atoms with Gasteiger partial charge in [0, 0.05) is 11.5 Å². The summed E-state index contributed by atoms with van der Waals surface area (Å²) in [4.78, 5) is 31.0. The Morgan fingerprint density at radius 3 is 2.65 bits per heavy atom. The number of nitrogens with zero attached hydrogens (tertiary/aromatic N) is 4. The number of halogens is 2. The van der Waals surface area contributed by atoms with E-state index >= 15 is 0 Å². The van der Waals surface area contributed by atoms with Crippen LogP contribution in [-0.2, 0) is 21.4 Å². The maximum absolute atomic E-state index is 13.8. The highest BCUT2D eigenvalue weighted by atomic mass is 35.5. The molecular formula is C25H26ClFN6O4. The lowest BCUT2D eigenvalue weighted by Crippen LogP contribution is -2.51. The molecule has 1 saturated carbocycles. The molecule has 0 spiro atoms. The average Bonchev–Trinajstić information content (AvgIpc) is 3.20. The van der Waals surface area contributed by atoms with E-state index in [2.05, 4.69) is 26.8 Å². The van der Waals surface area contributed by atoms with Crippen molar-refractivity contribution in [3.8, 4) is 6.07 Å². The van der Waals surface area contributed by atoms with Crippen LogP contribution < -0.4 is 10.6 Å². The van der Waals surface area contributed by atoms with Crippen LogP contribution >= 0.6 is 11.6 Å². The maximum atomic E-state index is 13.8. The number of hydrogen-bond donors (Lipinski definition) is 2. The molecule has 2 aliphatic rings. The zero-order valence-electron chi connectivity index (χ0n) is 20.6. The number of carbonyl (C=O) groups is 2. The third-order valence-electron chi connectivity index (χ3n) is 6.48. The van der Waals surface area contributed by atoms with Crippen LogP contribution in [0.1, 0.15) is 61.7 Å². The summed E-state index contributed by atoms with van der Waals surface area (Å²) in [5.41, 5.74) is 0.136. The lowest BCUT2D eigenvalue weighted by atomic mass is 9.92. The van der Waals surface area contributed by atoms with Gasteiger partial charge < -0.3 is 19.8 Å². The second-order valence-corrected chi connectivity index (χ2v) is 11.0. The summed E-state index contributed by atoms with van der Waals surface area (Å²) in [6.07, 6.45) is 0.909. The fraction of sp³-hybridized carbons (Fsp3) is 0.480. The number of carbonyl (C=O) groups excluding carboxylic acids is 2. The number of hydrogen-bond acceptors (Lipinski definition) is 7. The van der Waals surface area contributed by atoms with E-state index in [1.54, 1.807) is 10.7 Å². The molecule has 1 aliphatic carbocycles. The first-order valence-electron chi connectivity index (χ1n) is 11.9. The second kappa shape index (κ2) is 9.11. The molecule has 1 saturated heterocycles. The molecule has 0 bridgehead atoms. The molecule has 2 N–H and O–H groups in total. The van der Waals surface area contributed by atoms with Crippen LogP contribution in [-0.4, -0.2) is 51.4 Å². The Morgan fingerprint density at radius 2 is 2.05 bits per heavy atom. The number of fused-ring (bicyclic) bond motifs is 1. The largest absolute Gasteiger partial charge is 0.439 e. The Bertz CT molecular complexity index is 1430. The number of oxazole rings is 1. The maximum Gasteiger partial charge on any atom is 0.270 e. The highest BCUT2D eigenvalue weighted by Gasteiger charge is 2.46. The predicted octanol–water partition coefficient (Wildman–Crippen LogP) is 3.20. The Hall–Kier alpha value is -3.49. The predicted molar refractivity (Wildman–Crippen MR) is 130 cm³/mol. The molecule has 5 rings (SSSR count). The molecule has 10 nitrogen and oxygen atoms in total. The minimum Gasteiger partial charge on any atom is -0.439 e. The van der Waals surface area contributed by atoms with Gasteiger partial charge in [-0.2, -0.15) is 10.4 Å². The number of ether oxygens (including phenoxy) is 1. The number of nitrogens with one attached hydrogen (secondary N) is 2. The summed E-state index contributed by atoms with van der Waals surface area (Å²) in [6.45, 7) is 6.84. The van der Waals surface area contributed by atoms with Gasteiger partial charge in [-0.1, -0.05) is 32.4 Å². The molecule has 0 unspecified atom stereocenters. The molecule has 2 amide bonds. The van der Waals surface area contributed by atoms with Gasteiger partial charge in [0.05, 0.1) is 42.5 Å². The lowest BCUT2D eigenvalue weighted by Gasteiger charge is -2.28. The van der Waals surface area contributed by atoms with E-state index in [1.807, 2.05) is 20.8 Å². The summed E-state index contributed by atoms with van der Waals surface area (Å²) in [7, 11) is 0. The highest BCUT2D eigenvalue weighted by molar-refractivity contribution is 6.34. The minimum absolute atomic E-state index is 0.0431. The van der Waals surface area contributed by atoms with Crippen LogP contribution in [0.4, 0.5) is 4.39 Å². The van der Waals surface area contributed by atoms with Gasteiger partial charge in [0.15, 0.2) is 11.5 Å². The van der Waals surface area contributed by atoms with Gasteiger partial charge in [-0.3, -0.25) is 14.3 Å². The molecule has 2 fully saturated rings. The first-order chi connectivity index (χ1) is 17.5. The highest BCUT2D eigenvalue weighted by Crippen LogP contribution is 2.34. The Labute approximate surface area is 217 Å². The van der Waals surface area contributed by atoms with Gasteiger partial charge in [0.1, 0.15) is 28.6 Å². The molecular weight excluding hydrogens is 503 g/mol. The van der Waals surface area contributed by atoms with Gasteiger partial charge >= 0.3 is 0 Å². The van der Waals surface area contributed by atoms with E-state index in [1.165, 1.54) is 6.07 Å². The molecule has 194 valence electrons. The summed E-state index contributed by atoms with van der Waals surface area (Å²) in [5, 5.41) is 19.6. The van der Waals surface area contributed by atoms with E-state index in [0.717, 1.165) is 11.8 Å². The van der Waals surface area contributed by atoms with Crippen LogP contribution in [0.15, 0.2) is 22.6 Å². The normalized spacial score (nSPS) is 17.6. The van der Waals surface area contributed by atoms with E-state index in [4.69, 9.17) is 20.8 Å². The van der Waals surface area contributed by atoms with Crippen LogP contribution in [0.2, 0.25) is 5.02 Å². The van der Waals surface area contributed by atoms with Crippen molar-refractivity contribution in [2.24, 2.45) is 0 Å². The van der Waals surface area contributed by atoms with Crippen molar-refractivity contribution in [3.63, 3.8) is 0 Å². The second-order valence-electron chi connectivity index (χ2n) is 10.6. The topological polar surface area (TPSA) is 135 Å². The number of rotatable bonds is 7. The summed E-state index contributed by atoms with van der Waals surface area (Å²) < 4.78 is 26.4. The van der Waals surface area contributed by atoms with Crippen LogP contribution in [0.25, 0.3) is 11.1 Å². The van der Waals surface area contributed by atoms with Gasteiger partial charge in [0.2, 0.25) is 5.91 Å². The van der Waals surface area contributed by atoms with Crippen LogP contribution in [0.3, 0.4) is 0 Å². The fourth-order valence-corrected chi connectivity index (χ4v) is 4.23. The van der Waals surface area contributed by atoms with Gasteiger partial charge in [-0.05, 0) is 25.0 Å². The van der Waals surface area contributed by atoms with Crippen molar-refractivity contribution < 1.29 is 23.1 Å². The molecule has 0 radical (unpaired) electrons. The zero-order chi connectivity index (χ0) is 26.5. The van der Waals surface area contributed by atoms with Crippen LogP contribution in [0, 0.1) is 17.1 Å². The Balaban J connectivity index is 1.44. The third-order valence-corrected chi connectivity index (χ3v) is 6.76. The molecule has 3 heterocycles. The van der Waals surface area contributed by atoms with Crippen molar-refractivity contribution in [1.29, 1.82) is 5.26 Å². The van der Waals surface area contributed by atoms with Gasteiger partial charge in [-0.15, -0.1) is 0 Å².